The maximum Gasteiger partial charge on any atom is 0.226 e. The summed E-state index contributed by atoms with van der Waals surface area (Å²) >= 11 is 0. The van der Waals surface area contributed by atoms with Crippen molar-refractivity contribution in [3.8, 4) is 0 Å². The highest BCUT2D eigenvalue weighted by Gasteiger charge is 2.29. The molecular formula is C15H27N5O2. The summed E-state index contributed by atoms with van der Waals surface area (Å²) in [4.78, 5) is 8.83. The number of aromatic nitrogens is 2. The van der Waals surface area contributed by atoms with E-state index >= 15 is 0 Å². The first-order valence-electron chi connectivity index (χ1n) is 8.07. The monoisotopic (exact) mass is 309 g/mol. The predicted molar refractivity (Wildman–Crippen MR) is 84.9 cm³/mol. The standard InChI is InChI=1S/C15H27N5O2/c1-4-16-14(18-11-15(3)8-6-10-21-15)17-9-5-7-13-19-12(2)20-22-13/h4-11H2,1-3H3,(H2,16,17,18). The van der Waals surface area contributed by atoms with Gasteiger partial charge in [-0.1, -0.05) is 5.16 Å². The van der Waals surface area contributed by atoms with Crippen molar-refractivity contribution < 1.29 is 9.26 Å². The lowest BCUT2D eigenvalue weighted by Gasteiger charge is -2.21. The normalized spacial score (nSPS) is 22.0. The Morgan fingerprint density at radius 2 is 2.27 bits per heavy atom. The van der Waals surface area contributed by atoms with E-state index in [1.807, 2.05) is 6.92 Å². The molecule has 2 N–H and O–H groups in total. The summed E-state index contributed by atoms with van der Waals surface area (Å²) in [6.07, 6.45) is 3.89. The van der Waals surface area contributed by atoms with Gasteiger partial charge in [0.05, 0.1) is 12.1 Å². The van der Waals surface area contributed by atoms with E-state index in [1.54, 1.807) is 0 Å². The number of guanidine groups is 1. The van der Waals surface area contributed by atoms with Crippen LogP contribution in [0.1, 0.15) is 44.8 Å². The molecule has 1 atom stereocenters. The number of hydrogen-bond acceptors (Lipinski definition) is 5. The molecule has 1 fully saturated rings. The summed E-state index contributed by atoms with van der Waals surface area (Å²) < 4.78 is 10.9. The second kappa shape index (κ2) is 8.12. The molecular weight excluding hydrogens is 282 g/mol. The van der Waals surface area contributed by atoms with E-state index in [1.165, 1.54) is 0 Å². The number of ether oxygens (including phenoxy) is 1. The van der Waals surface area contributed by atoms with Crippen LogP contribution in [0.4, 0.5) is 0 Å². The molecule has 1 saturated heterocycles. The molecule has 1 aliphatic heterocycles. The van der Waals surface area contributed by atoms with Gasteiger partial charge in [0.25, 0.3) is 0 Å². The van der Waals surface area contributed by atoms with Gasteiger partial charge in [0.2, 0.25) is 5.89 Å². The summed E-state index contributed by atoms with van der Waals surface area (Å²) in [6.45, 7) is 9.20. The van der Waals surface area contributed by atoms with E-state index in [0.717, 1.165) is 51.3 Å². The van der Waals surface area contributed by atoms with Crippen LogP contribution in [-0.2, 0) is 11.2 Å². The van der Waals surface area contributed by atoms with Crippen molar-refractivity contribution in [2.24, 2.45) is 4.99 Å². The lowest BCUT2D eigenvalue weighted by atomic mass is 10.0. The fraction of sp³-hybridized carbons (Fsp3) is 0.800. The predicted octanol–water partition coefficient (Wildman–Crippen LogP) is 1.43. The average Bonchev–Trinajstić information content (AvgIpc) is 3.10. The third-order valence-electron chi connectivity index (χ3n) is 3.65. The van der Waals surface area contributed by atoms with Crippen LogP contribution >= 0.6 is 0 Å². The van der Waals surface area contributed by atoms with E-state index in [4.69, 9.17) is 9.26 Å². The Balaban J connectivity index is 1.73. The van der Waals surface area contributed by atoms with Gasteiger partial charge in [-0.3, -0.25) is 4.99 Å². The maximum atomic E-state index is 5.76. The van der Waals surface area contributed by atoms with Crippen molar-refractivity contribution in [3.63, 3.8) is 0 Å². The van der Waals surface area contributed by atoms with Crippen LogP contribution in [0, 0.1) is 6.92 Å². The van der Waals surface area contributed by atoms with Crippen molar-refractivity contribution in [2.45, 2.75) is 52.1 Å². The van der Waals surface area contributed by atoms with Crippen molar-refractivity contribution >= 4 is 5.96 Å². The first kappa shape index (κ1) is 16.7. The zero-order valence-corrected chi connectivity index (χ0v) is 13.8. The summed E-state index contributed by atoms with van der Waals surface area (Å²) in [5.74, 6) is 2.21. The molecule has 1 aromatic rings. The number of nitrogens with one attached hydrogen (secondary N) is 2. The van der Waals surface area contributed by atoms with E-state index in [2.05, 4.69) is 39.6 Å². The van der Waals surface area contributed by atoms with Crippen LogP contribution < -0.4 is 10.6 Å². The Morgan fingerprint density at radius 3 is 2.91 bits per heavy atom. The molecule has 7 heteroatoms. The molecule has 0 amide bonds. The van der Waals surface area contributed by atoms with Crippen molar-refractivity contribution in [2.75, 3.05) is 26.2 Å². The van der Waals surface area contributed by atoms with E-state index < -0.39 is 0 Å². The van der Waals surface area contributed by atoms with Gasteiger partial charge in [0.15, 0.2) is 11.8 Å². The van der Waals surface area contributed by atoms with Gasteiger partial charge in [-0.2, -0.15) is 4.98 Å². The lowest BCUT2D eigenvalue weighted by Crippen LogP contribution is -2.39. The van der Waals surface area contributed by atoms with Gasteiger partial charge in [-0.05, 0) is 40.0 Å². The van der Waals surface area contributed by atoms with Crippen LogP contribution in [-0.4, -0.2) is 47.9 Å². The van der Waals surface area contributed by atoms with Crippen molar-refractivity contribution in [1.29, 1.82) is 0 Å². The minimum absolute atomic E-state index is 0.108. The largest absolute Gasteiger partial charge is 0.373 e. The molecule has 0 aliphatic carbocycles. The van der Waals surface area contributed by atoms with E-state index in [9.17, 15) is 0 Å². The molecule has 1 aliphatic rings. The van der Waals surface area contributed by atoms with E-state index in [0.29, 0.717) is 18.3 Å². The summed E-state index contributed by atoms with van der Waals surface area (Å²) in [5, 5.41) is 10.4. The lowest BCUT2D eigenvalue weighted by molar-refractivity contribution is 0.0283. The third-order valence-corrected chi connectivity index (χ3v) is 3.65. The molecule has 1 aromatic heterocycles. The van der Waals surface area contributed by atoms with Crippen LogP contribution in [0.3, 0.4) is 0 Å². The Kier molecular flexibility index (Phi) is 6.18. The summed E-state index contributed by atoms with van der Waals surface area (Å²) in [5.41, 5.74) is -0.108. The molecule has 1 unspecified atom stereocenters. The molecule has 22 heavy (non-hydrogen) atoms. The van der Waals surface area contributed by atoms with Crippen molar-refractivity contribution in [1.82, 2.24) is 20.8 Å². The molecule has 0 bridgehead atoms. The van der Waals surface area contributed by atoms with Gasteiger partial charge in [0.1, 0.15) is 0 Å². The topological polar surface area (TPSA) is 84.6 Å². The number of hydrogen-bond donors (Lipinski definition) is 2. The average molecular weight is 309 g/mol. The molecule has 2 rings (SSSR count). The molecule has 7 nitrogen and oxygen atoms in total. The fourth-order valence-corrected chi connectivity index (χ4v) is 2.44. The van der Waals surface area contributed by atoms with Gasteiger partial charge in [0, 0.05) is 26.1 Å². The molecule has 0 radical (unpaired) electrons. The Hall–Kier alpha value is -1.63. The smallest absolute Gasteiger partial charge is 0.226 e. The zero-order valence-electron chi connectivity index (χ0n) is 13.8. The number of aliphatic imine (C=N–C) groups is 1. The van der Waals surface area contributed by atoms with Crippen molar-refractivity contribution in [3.05, 3.63) is 11.7 Å². The first-order valence-corrected chi connectivity index (χ1v) is 8.07. The van der Waals surface area contributed by atoms with Crippen LogP contribution in [0.2, 0.25) is 0 Å². The number of rotatable bonds is 7. The molecule has 0 aromatic carbocycles. The zero-order chi connectivity index (χ0) is 15.8. The summed E-state index contributed by atoms with van der Waals surface area (Å²) in [6, 6.07) is 0. The Labute approximate surface area is 131 Å². The number of aryl methyl sites for hydroxylation is 2. The first-order chi connectivity index (χ1) is 10.6. The second-order valence-corrected chi connectivity index (χ2v) is 5.86. The van der Waals surface area contributed by atoms with Gasteiger partial charge in [-0.15, -0.1) is 0 Å². The minimum Gasteiger partial charge on any atom is -0.373 e. The van der Waals surface area contributed by atoms with Crippen LogP contribution in [0.25, 0.3) is 0 Å². The molecule has 0 saturated carbocycles. The maximum absolute atomic E-state index is 5.76. The fourth-order valence-electron chi connectivity index (χ4n) is 2.44. The highest BCUT2D eigenvalue weighted by atomic mass is 16.5. The van der Waals surface area contributed by atoms with Gasteiger partial charge >= 0.3 is 0 Å². The highest BCUT2D eigenvalue weighted by Crippen LogP contribution is 2.24. The third kappa shape index (κ3) is 5.29. The minimum atomic E-state index is -0.108. The quantitative estimate of drug-likeness (QED) is 0.450. The Morgan fingerprint density at radius 1 is 1.41 bits per heavy atom. The van der Waals surface area contributed by atoms with Gasteiger partial charge in [-0.25, -0.2) is 0 Å². The molecule has 124 valence electrons. The van der Waals surface area contributed by atoms with Crippen LogP contribution in [0.5, 0.6) is 0 Å². The van der Waals surface area contributed by atoms with Crippen LogP contribution in [0.15, 0.2) is 9.52 Å². The Bertz CT molecular complexity index is 480. The second-order valence-electron chi connectivity index (χ2n) is 5.86. The summed E-state index contributed by atoms with van der Waals surface area (Å²) in [7, 11) is 0. The molecule has 0 spiro atoms. The van der Waals surface area contributed by atoms with Gasteiger partial charge < -0.3 is 19.9 Å². The molecule has 2 heterocycles. The SMILES string of the molecule is CCNC(=NCC1(C)CCCO1)NCCCc1nc(C)no1. The number of nitrogens with zero attached hydrogens (tertiary/aromatic N) is 3. The van der Waals surface area contributed by atoms with E-state index in [-0.39, 0.29) is 5.60 Å². The highest BCUT2D eigenvalue weighted by molar-refractivity contribution is 5.79.